The molecule has 1 rings (SSSR count). The minimum absolute atomic E-state index is 0.0471. The number of rotatable bonds is 34. The number of nitrogens with one attached hydrogen (secondary N) is 2. The first-order valence-corrected chi connectivity index (χ1v) is 21.2. The largest absolute Gasteiger partial charge is 0.324 e. The summed E-state index contributed by atoms with van der Waals surface area (Å²) in [5.41, 5.74) is 3.71. The predicted octanol–water partition coefficient (Wildman–Crippen LogP) is 14.7. The Morgan fingerprint density at radius 2 is 0.583 bits per heavy atom. The second-order valence-corrected chi connectivity index (χ2v) is 15.0. The Morgan fingerprint density at radius 3 is 0.812 bits per heavy atom. The van der Waals surface area contributed by atoms with E-state index in [1.165, 1.54) is 167 Å². The molecule has 1 aromatic carbocycles. The van der Waals surface area contributed by atoms with Crippen LogP contribution in [-0.4, -0.2) is 11.8 Å². The lowest BCUT2D eigenvalue weighted by atomic mass is 10.0. The van der Waals surface area contributed by atoms with Crippen LogP contribution in [0, 0.1) is 13.8 Å². The molecule has 0 aliphatic heterocycles. The van der Waals surface area contributed by atoms with Crippen LogP contribution in [0.2, 0.25) is 0 Å². The summed E-state index contributed by atoms with van der Waals surface area (Å²) >= 11 is 0. The number of aryl methyl sites for hydroxylation is 2. The van der Waals surface area contributed by atoms with Crippen molar-refractivity contribution in [3.8, 4) is 0 Å². The monoisotopic (exact) mass is 669 g/mol. The molecule has 1 aromatic rings. The van der Waals surface area contributed by atoms with E-state index >= 15 is 0 Å². The van der Waals surface area contributed by atoms with Crippen molar-refractivity contribution in [2.45, 2.75) is 233 Å². The molecule has 0 unspecified atom stereocenters. The summed E-state index contributed by atoms with van der Waals surface area (Å²) in [6.07, 6.45) is 40.7. The molecule has 0 saturated heterocycles. The van der Waals surface area contributed by atoms with Gasteiger partial charge >= 0.3 is 0 Å². The Labute approximate surface area is 299 Å². The van der Waals surface area contributed by atoms with Gasteiger partial charge in [0.05, 0.1) is 11.4 Å². The van der Waals surface area contributed by atoms with E-state index in [1.54, 1.807) is 0 Å². The van der Waals surface area contributed by atoms with Crippen LogP contribution in [0.4, 0.5) is 11.4 Å². The van der Waals surface area contributed by atoms with Crippen LogP contribution in [0.1, 0.15) is 230 Å². The molecule has 0 heterocycles. The molecule has 2 amide bonds. The SMILES string of the molecule is CCCCCCCCCCCCCCCCCC(=O)Nc1cc(C)c(C)cc1NC(=O)CCCCCCCCCCCCCCCCC. The second-order valence-electron chi connectivity index (χ2n) is 15.0. The Kier molecular flexibility index (Phi) is 29.8. The second kappa shape index (κ2) is 32.4. The average Bonchev–Trinajstić information content (AvgIpc) is 3.07. The number of amides is 2. The molecule has 0 fully saturated rings. The number of hydrogen-bond donors (Lipinski definition) is 2. The van der Waals surface area contributed by atoms with Crippen LogP contribution < -0.4 is 10.6 Å². The first-order valence-electron chi connectivity index (χ1n) is 21.2. The minimum atomic E-state index is 0.0471. The van der Waals surface area contributed by atoms with Gasteiger partial charge in [-0.2, -0.15) is 0 Å². The lowest BCUT2D eigenvalue weighted by Crippen LogP contribution is -2.17. The molecule has 4 heteroatoms. The highest BCUT2D eigenvalue weighted by atomic mass is 16.2. The van der Waals surface area contributed by atoms with Gasteiger partial charge in [-0.15, -0.1) is 0 Å². The zero-order chi connectivity index (χ0) is 34.9. The maximum absolute atomic E-state index is 12.8. The molecule has 4 nitrogen and oxygen atoms in total. The van der Waals surface area contributed by atoms with Crippen LogP contribution in [0.3, 0.4) is 0 Å². The number of carbonyl (C=O) groups excluding carboxylic acids is 2. The highest BCUT2D eigenvalue weighted by Crippen LogP contribution is 2.27. The van der Waals surface area contributed by atoms with Gasteiger partial charge in [0.25, 0.3) is 0 Å². The van der Waals surface area contributed by atoms with Crippen LogP contribution >= 0.6 is 0 Å². The molecule has 0 atom stereocenters. The van der Waals surface area contributed by atoms with Gasteiger partial charge in [-0.05, 0) is 49.9 Å². The van der Waals surface area contributed by atoms with Crippen LogP contribution in [-0.2, 0) is 9.59 Å². The smallest absolute Gasteiger partial charge is 0.224 e. The average molecular weight is 669 g/mol. The minimum Gasteiger partial charge on any atom is -0.324 e. The van der Waals surface area contributed by atoms with Gasteiger partial charge in [0.1, 0.15) is 0 Å². The Hall–Kier alpha value is -1.84. The fraction of sp³-hybridized carbons (Fsp3) is 0.818. The van der Waals surface area contributed by atoms with Crippen molar-refractivity contribution < 1.29 is 9.59 Å². The zero-order valence-electron chi connectivity index (χ0n) is 32.6. The molecule has 48 heavy (non-hydrogen) atoms. The molecule has 0 aliphatic rings. The van der Waals surface area contributed by atoms with E-state index < -0.39 is 0 Å². The topological polar surface area (TPSA) is 58.2 Å². The fourth-order valence-corrected chi connectivity index (χ4v) is 6.76. The third-order valence-corrected chi connectivity index (χ3v) is 10.2. The fourth-order valence-electron chi connectivity index (χ4n) is 6.76. The van der Waals surface area contributed by atoms with Crippen molar-refractivity contribution in [3.63, 3.8) is 0 Å². The van der Waals surface area contributed by atoms with E-state index in [2.05, 4.69) is 38.3 Å². The van der Waals surface area contributed by atoms with Gasteiger partial charge in [0, 0.05) is 12.8 Å². The van der Waals surface area contributed by atoms with E-state index in [0.29, 0.717) is 12.8 Å². The molecular formula is C44H80N2O2. The number of hydrogen-bond acceptors (Lipinski definition) is 2. The van der Waals surface area contributed by atoms with E-state index in [9.17, 15) is 9.59 Å². The summed E-state index contributed by atoms with van der Waals surface area (Å²) < 4.78 is 0. The van der Waals surface area contributed by atoms with E-state index in [4.69, 9.17) is 0 Å². The number of unbranched alkanes of at least 4 members (excludes halogenated alkanes) is 28. The van der Waals surface area contributed by atoms with Crippen molar-refractivity contribution in [2.75, 3.05) is 10.6 Å². The normalized spacial score (nSPS) is 11.2. The van der Waals surface area contributed by atoms with Crippen LogP contribution in [0.15, 0.2) is 12.1 Å². The van der Waals surface area contributed by atoms with Gasteiger partial charge in [-0.25, -0.2) is 0 Å². The first-order chi connectivity index (χ1) is 23.5. The number of anilines is 2. The highest BCUT2D eigenvalue weighted by molar-refractivity contribution is 5.99. The van der Waals surface area contributed by atoms with Crippen molar-refractivity contribution >= 4 is 23.2 Å². The van der Waals surface area contributed by atoms with Crippen molar-refractivity contribution in [1.82, 2.24) is 0 Å². The first kappa shape index (κ1) is 44.2. The summed E-state index contributed by atoms with van der Waals surface area (Å²) in [7, 11) is 0. The molecule has 0 saturated carbocycles. The molecule has 0 aromatic heterocycles. The van der Waals surface area contributed by atoms with Gasteiger partial charge in [-0.1, -0.05) is 194 Å². The molecule has 0 bridgehead atoms. The van der Waals surface area contributed by atoms with E-state index in [1.807, 2.05) is 12.1 Å². The Morgan fingerprint density at radius 1 is 0.375 bits per heavy atom. The van der Waals surface area contributed by atoms with Crippen LogP contribution in [0.5, 0.6) is 0 Å². The van der Waals surface area contributed by atoms with Crippen molar-refractivity contribution in [3.05, 3.63) is 23.3 Å². The summed E-state index contributed by atoms with van der Waals surface area (Å²) in [4.78, 5) is 25.6. The molecule has 0 aliphatic carbocycles. The molecule has 0 radical (unpaired) electrons. The van der Waals surface area contributed by atoms with Crippen LogP contribution in [0.25, 0.3) is 0 Å². The van der Waals surface area contributed by atoms with Gasteiger partial charge < -0.3 is 10.6 Å². The van der Waals surface area contributed by atoms with E-state index in [-0.39, 0.29) is 11.8 Å². The Bertz CT molecular complexity index is 838. The summed E-state index contributed by atoms with van der Waals surface area (Å²) in [6, 6.07) is 4.01. The molecule has 0 spiro atoms. The highest BCUT2D eigenvalue weighted by Gasteiger charge is 2.12. The number of carbonyl (C=O) groups is 2. The molecule has 278 valence electrons. The van der Waals surface area contributed by atoms with Gasteiger partial charge in [0.2, 0.25) is 11.8 Å². The lowest BCUT2D eigenvalue weighted by Gasteiger charge is -2.15. The summed E-state index contributed by atoms with van der Waals surface area (Å²) in [6.45, 7) is 8.68. The third-order valence-electron chi connectivity index (χ3n) is 10.2. The predicted molar refractivity (Wildman–Crippen MR) is 212 cm³/mol. The lowest BCUT2D eigenvalue weighted by molar-refractivity contribution is -0.117. The third kappa shape index (κ3) is 26.1. The molecule has 2 N–H and O–H groups in total. The van der Waals surface area contributed by atoms with Crippen molar-refractivity contribution in [2.24, 2.45) is 0 Å². The summed E-state index contributed by atoms with van der Waals surface area (Å²) in [5, 5.41) is 6.20. The quantitative estimate of drug-likeness (QED) is 0.0718. The van der Waals surface area contributed by atoms with Crippen molar-refractivity contribution in [1.29, 1.82) is 0 Å². The van der Waals surface area contributed by atoms with Gasteiger partial charge in [-0.3, -0.25) is 9.59 Å². The maximum atomic E-state index is 12.8. The standard InChI is InChI=1S/C44H80N2O2/c1-5-7-9-11-13-15-17-19-21-23-25-27-29-31-33-35-43(47)45-41-37-39(3)40(4)38-42(41)46-44(48)36-34-32-30-28-26-24-22-20-18-16-14-12-10-8-6-2/h37-38H,5-36H2,1-4H3,(H,45,47)(H,46,48). The maximum Gasteiger partial charge on any atom is 0.224 e. The number of benzene rings is 1. The van der Waals surface area contributed by atoms with Gasteiger partial charge in [0.15, 0.2) is 0 Å². The van der Waals surface area contributed by atoms with E-state index in [0.717, 1.165) is 48.2 Å². The Balaban J connectivity index is 2.13. The molecular weight excluding hydrogens is 588 g/mol. The zero-order valence-corrected chi connectivity index (χ0v) is 32.6. The summed E-state index contributed by atoms with van der Waals surface area (Å²) in [5.74, 6) is 0.0942.